The molecule has 0 radical (unpaired) electrons. The van der Waals surface area contributed by atoms with Crippen LogP contribution in [0.25, 0.3) is 0 Å². The van der Waals surface area contributed by atoms with E-state index >= 15 is 0 Å². The molecule has 226 valence electrons. The van der Waals surface area contributed by atoms with Gasteiger partial charge in [-0.2, -0.15) is 0 Å². The lowest BCUT2D eigenvalue weighted by molar-refractivity contribution is -0.141. The third-order valence-corrected chi connectivity index (χ3v) is 8.51. The lowest BCUT2D eigenvalue weighted by atomic mass is 10.0. The number of anilines is 1. The number of aryl methyl sites for hydroxylation is 2. The van der Waals surface area contributed by atoms with Crippen molar-refractivity contribution < 1.29 is 18.0 Å². The lowest BCUT2D eigenvalue weighted by Crippen LogP contribution is -2.50. The van der Waals surface area contributed by atoms with E-state index in [-0.39, 0.29) is 31.3 Å². The van der Waals surface area contributed by atoms with Crippen LogP contribution >= 0.6 is 0 Å². The molecule has 0 aromatic heterocycles. The van der Waals surface area contributed by atoms with Crippen LogP contribution in [-0.4, -0.2) is 50.5 Å². The van der Waals surface area contributed by atoms with Gasteiger partial charge < -0.3 is 10.2 Å². The summed E-state index contributed by atoms with van der Waals surface area (Å²) in [4.78, 5) is 29.2. The van der Waals surface area contributed by atoms with E-state index in [1.807, 2.05) is 92.7 Å². The van der Waals surface area contributed by atoms with Crippen molar-refractivity contribution in [2.45, 2.75) is 71.9 Å². The maximum Gasteiger partial charge on any atom is 0.243 e. The standard InChI is InChI=1S/C34H45N3O4S/c1-5-7-22-35-34(39)32(25-29-14-9-8-10-15-29)36(26-30-16-11-13-27(3)24-30)33(38)17-12-23-37(42(4,40)41)31-20-18-28(6-2)19-21-31/h8-11,13-16,18-21,24,32H,5-7,12,17,22-23,25-26H2,1-4H3,(H,35,39). The molecule has 3 aromatic carbocycles. The molecule has 0 saturated heterocycles. The molecule has 0 aliphatic rings. The van der Waals surface area contributed by atoms with E-state index in [0.717, 1.165) is 41.5 Å². The Morgan fingerprint density at radius 2 is 1.55 bits per heavy atom. The van der Waals surface area contributed by atoms with Gasteiger partial charge in [0.2, 0.25) is 21.8 Å². The minimum Gasteiger partial charge on any atom is -0.354 e. The number of carbonyl (C=O) groups is 2. The normalized spacial score (nSPS) is 12.0. The van der Waals surface area contributed by atoms with Gasteiger partial charge in [-0.15, -0.1) is 0 Å². The molecule has 0 heterocycles. The van der Waals surface area contributed by atoms with E-state index in [1.165, 1.54) is 10.6 Å². The number of nitrogens with zero attached hydrogens (tertiary/aromatic N) is 2. The molecule has 1 atom stereocenters. The SMILES string of the molecule is CCCCNC(=O)C(Cc1ccccc1)N(Cc1cccc(C)c1)C(=O)CCCN(c1ccc(CC)cc1)S(C)(=O)=O. The number of hydrogen-bond donors (Lipinski definition) is 1. The third kappa shape index (κ3) is 10.0. The number of rotatable bonds is 16. The molecule has 8 heteroatoms. The molecule has 42 heavy (non-hydrogen) atoms. The Hall–Kier alpha value is -3.65. The van der Waals surface area contributed by atoms with E-state index in [1.54, 1.807) is 4.90 Å². The Kier molecular flexibility index (Phi) is 12.6. The predicted octanol–water partition coefficient (Wildman–Crippen LogP) is 5.66. The zero-order valence-corrected chi connectivity index (χ0v) is 26.2. The van der Waals surface area contributed by atoms with Gasteiger partial charge in [0.1, 0.15) is 6.04 Å². The van der Waals surface area contributed by atoms with Gasteiger partial charge in [0.25, 0.3) is 0 Å². The summed E-state index contributed by atoms with van der Waals surface area (Å²) in [5.74, 6) is -0.361. The first-order valence-corrected chi connectivity index (χ1v) is 16.7. The molecular formula is C34H45N3O4S. The second-order valence-electron chi connectivity index (χ2n) is 10.8. The highest BCUT2D eigenvalue weighted by molar-refractivity contribution is 7.92. The minimum absolute atomic E-state index is 0.110. The zero-order chi connectivity index (χ0) is 30.5. The average molecular weight is 592 g/mol. The van der Waals surface area contributed by atoms with Crippen molar-refractivity contribution in [3.05, 3.63) is 101 Å². The van der Waals surface area contributed by atoms with Crippen molar-refractivity contribution >= 4 is 27.5 Å². The summed E-state index contributed by atoms with van der Waals surface area (Å²) in [6.07, 6.45) is 4.67. The fourth-order valence-corrected chi connectivity index (χ4v) is 5.93. The summed E-state index contributed by atoms with van der Waals surface area (Å²) in [6.45, 7) is 7.12. The smallest absolute Gasteiger partial charge is 0.243 e. The van der Waals surface area contributed by atoms with E-state index in [9.17, 15) is 18.0 Å². The van der Waals surface area contributed by atoms with Crippen LogP contribution in [0.15, 0.2) is 78.9 Å². The summed E-state index contributed by atoms with van der Waals surface area (Å²) < 4.78 is 26.7. The fourth-order valence-electron chi connectivity index (χ4n) is 4.97. The van der Waals surface area contributed by atoms with Crippen LogP contribution in [0.2, 0.25) is 0 Å². The van der Waals surface area contributed by atoms with Gasteiger partial charge in [-0.25, -0.2) is 8.42 Å². The van der Waals surface area contributed by atoms with Crippen LogP contribution in [0.1, 0.15) is 61.8 Å². The van der Waals surface area contributed by atoms with Gasteiger partial charge in [0, 0.05) is 32.5 Å². The van der Waals surface area contributed by atoms with Gasteiger partial charge >= 0.3 is 0 Å². The molecule has 1 unspecified atom stereocenters. The monoisotopic (exact) mass is 591 g/mol. The lowest BCUT2D eigenvalue weighted by Gasteiger charge is -2.32. The Morgan fingerprint density at radius 3 is 2.17 bits per heavy atom. The van der Waals surface area contributed by atoms with Crippen LogP contribution in [0.5, 0.6) is 0 Å². The number of sulfonamides is 1. The largest absolute Gasteiger partial charge is 0.354 e. The van der Waals surface area contributed by atoms with Crippen LogP contribution in [-0.2, 0) is 39.0 Å². The van der Waals surface area contributed by atoms with Crippen LogP contribution in [0, 0.1) is 6.92 Å². The highest BCUT2D eigenvalue weighted by Gasteiger charge is 2.30. The van der Waals surface area contributed by atoms with Gasteiger partial charge in [0.15, 0.2) is 0 Å². The van der Waals surface area contributed by atoms with E-state index in [2.05, 4.69) is 12.2 Å². The molecule has 0 aliphatic heterocycles. The van der Waals surface area contributed by atoms with Crippen LogP contribution in [0.3, 0.4) is 0 Å². The number of hydrogen-bond acceptors (Lipinski definition) is 4. The summed E-state index contributed by atoms with van der Waals surface area (Å²) in [5.41, 5.74) is 4.68. The maximum atomic E-state index is 13.9. The summed E-state index contributed by atoms with van der Waals surface area (Å²) >= 11 is 0. The quantitative estimate of drug-likeness (QED) is 0.218. The zero-order valence-electron chi connectivity index (χ0n) is 25.4. The van der Waals surface area contributed by atoms with Gasteiger partial charge in [-0.3, -0.25) is 13.9 Å². The predicted molar refractivity (Wildman–Crippen MR) is 171 cm³/mol. The Balaban J connectivity index is 1.86. The van der Waals surface area contributed by atoms with Gasteiger partial charge in [0.05, 0.1) is 11.9 Å². The molecule has 3 aromatic rings. The number of unbranched alkanes of at least 4 members (excludes halogenated alkanes) is 1. The third-order valence-electron chi connectivity index (χ3n) is 7.32. The Morgan fingerprint density at radius 1 is 0.857 bits per heavy atom. The van der Waals surface area contributed by atoms with Crippen molar-refractivity contribution in [2.75, 3.05) is 23.7 Å². The van der Waals surface area contributed by atoms with Gasteiger partial charge in [-0.05, 0) is 55.0 Å². The number of benzene rings is 3. The minimum atomic E-state index is -3.55. The molecule has 7 nitrogen and oxygen atoms in total. The van der Waals surface area contributed by atoms with Crippen LogP contribution < -0.4 is 9.62 Å². The van der Waals surface area contributed by atoms with Crippen molar-refractivity contribution in [1.29, 1.82) is 0 Å². The highest BCUT2D eigenvalue weighted by Crippen LogP contribution is 2.21. The summed E-state index contributed by atoms with van der Waals surface area (Å²) in [7, 11) is -3.55. The Bertz CT molecular complexity index is 1390. The average Bonchev–Trinajstić information content (AvgIpc) is 2.97. The van der Waals surface area contributed by atoms with Crippen molar-refractivity contribution in [1.82, 2.24) is 10.2 Å². The van der Waals surface area contributed by atoms with Crippen molar-refractivity contribution in [3.8, 4) is 0 Å². The molecule has 0 saturated carbocycles. The Labute approximate surface area is 252 Å². The topological polar surface area (TPSA) is 86.8 Å². The number of amides is 2. The first-order valence-electron chi connectivity index (χ1n) is 14.9. The summed E-state index contributed by atoms with van der Waals surface area (Å²) in [5, 5.41) is 3.04. The van der Waals surface area contributed by atoms with E-state index in [0.29, 0.717) is 25.1 Å². The molecule has 1 N–H and O–H groups in total. The highest BCUT2D eigenvalue weighted by atomic mass is 32.2. The summed E-state index contributed by atoms with van der Waals surface area (Å²) in [6, 6.07) is 24.4. The molecule has 3 rings (SSSR count). The van der Waals surface area contributed by atoms with E-state index < -0.39 is 16.1 Å². The van der Waals surface area contributed by atoms with Gasteiger partial charge in [-0.1, -0.05) is 92.6 Å². The molecule has 2 amide bonds. The van der Waals surface area contributed by atoms with Crippen molar-refractivity contribution in [3.63, 3.8) is 0 Å². The number of nitrogens with one attached hydrogen (secondary N) is 1. The maximum absolute atomic E-state index is 13.9. The molecule has 0 bridgehead atoms. The molecule has 0 aliphatic carbocycles. The molecular weight excluding hydrogens is 546 g/mol. The first-order chi connectivity index (χ1) is 20.1. The van der Waals surface area contributed by atoms with Crippen molar-refractivity contribution in [2.24, 2.45) is 0 Å². The van der Waals surface area contributed by atoms with E-state index in [4.69, 9.17) is 0 Å². The molecule has 0 spiro atoms. The molecule has 0 fully saturated rings. The second kappa shape index (κ2) is 16.1. The first kappa shape index (κ1) is 32.9. The van der Waals surface area contributed by atoms with Crippen LogP contribution in [0.4, 0.5) is 5.69 Å². The number of carbonyl (C=O) groups excluding carboxylic acids is 2. The fraction of sp³-hybridized carbons (Fsp3) is 0.412. The second-order valence-corrected chi connectivity index (χ2v) is 12.7.